The molecule has 138 valence electrons. The van der Waals surface area contributed by atoms with Gasteiger partial charge in [0.2, 0.25) is 0 Å². The Balaban J connectivity index is 1.72. The summed E-state index contributed by atoms with van der Waals surface area (Å²) in [6, 6.07) is 15.3. The molecule has 4 rings (SSSR count). The highest BCUT2D eigenvalue weighted by Crippen LogP contribution is 2.37. The lowest BCUT2D eigenvalue weighted by Gasteiger charge is -2.39. The maximum Gasteiger partial charge on any atom is 0.257 e. The van der Waals surface area contributed by atoms with E-state index >= 15 is 0 Å². The molecular weight excluding hydrogens is 340 g/mol. The maximum absolute atomic E-state index is 13.3. The lowest BCUT2D eigenvalue weighted by Crippen LogP contribution is -2.46. The van der Waals surface area contributed by atoms with Crippen LogP contribution >= 0.6 is 0 Å². The van der Waals surface area contributed by atoms with Gasteiger partial charge in [-0.15, -0.1) is 6.42 Å². The largest absolute Gasteiger partial charge is 0.481 e. The van der Waals surface area contributed by atoms with Gasteiger partial charge in [0, 0.05) is 24.4 Å². The minimum Gasteiger partial charge on any atom is -0.481 e. The van der Waals surface area contributed by atoms with Crippen LogP contribution in [0.2, 0.25) is 0 Å². The molecule has 2 atom stereocenters. The number of carbonyl (C=O) groups is 1. The fraction of sp³-hybridized carbons (Fsp3) is 0.318. The Morgan fingerprint density at radius 2 is 2.04 bits per heavy atom. The van der Waals surface area contributed by atoms with Crippen LogP contribution in [0, 0.1) is 12.3 Å². The summed E-state index contributed by atoms with van der Waals surface area (Å²) in [6.45, 7) is 1.47. The minimum absolute atomic E-state index is 0.00315. The van der Waals surface area contributed by atoms with Gasteiger partial charge in [-0.1, -0.05) is 36.3 Å². The highest BCUT2D eigenvalue weighted by Gasteiger charge is 2.36. The molecule has 0 unspecified atom stereocenters. The van der Waals surface area contributed by atoms with E-state index in [0.29, 0.717) is 17.9 Å². The summed E-state index contributed by atoms with van der Waals surface area (Å²) in [7, 11) is 0. The minimum atomic E-state index is -0.342. The van der Waals surface area contributed by atoms with E-state index in [1.54, 1.807) is 0 Å². The van der Waals surface area contributed by atoms with E-state index in [1.807, 2.05) is 53.4 Å². The van der Waals surface area contributed by atoms with Crippen molar-refractivity contribution >= 4 is 11.6 Å². The number of nitrogens with zero attached hydrogens (tertiary/aromatic N) is 1. The van der Waals surface area contributed by atoms with Crippen molar-refractivity contribution < 1.29 is 14.3 Å². The molecule has 0 aliphatic carbocycles. The highest BCUT2D eigenvalue weighted by molar-refractivity contribution is 6.01. The number of terminal acetylenes is 1. The number of anilines is 1. The molecule has 0 radical (unpaired) electrons. The Labute approximate surface area is 159 Å². The molecule has 2 heterocycles. The molecule has 5 nitrogen and oxygen atoms in total. The number of para-hydroxylation sites is 2. The van der Waals surface area contributed by atoms with E-state index in [2.05, 4.69) is 11.2 Å². The number of hydrogen-bond acceptors (Lipinski definition) is 4. The molecule has 1 amide bonds. The molecule has 0 saturated carbocycles. The standard InChI is InChI=1S/C22H22N2O3/c1-2-13-27-20-12-6-4-10-18(20)21-23-19-11-5-3-9-17(19)22(25)24(21)15-16-8-7-14-26-16/h1,3-6,9-12,16,21,23H,7-8,13-15H2/t16-,21-/m0/s1. The van der Waals surface area contributed by atoms with Crippen molar-refractivity contribution in [2.24, 2.45) is 0 Å². The van der Waals surface area contributed by atoms with Gasteiger partial charge in [0.25, 0.3) is 5.91 Å². The molecule has 5 heteroatoms. The van der Waals surface area contributed by atoms with Gasteiger partial charge in [0.15, 0.2) is 0 Å². The summed E-state index contributed by atoms with van der Waals surface area (Å²) >= 11 is 0. The second-order valence-electron chi connectivity index (χ2n) is 6.72. The van der Waals surface area contributed by atoms with Crippen LogP contribution in [0.5, 0.6) is 5.75 Å². The quantitative estimate of drug-likeness (QED) is 0.828. The van der Waals surface area contributed by atoms with Crippen molar-refractivity contribution in [3.05, 3.63) is 59.7 Å². The van der Waals surface area contributed by atoms with Crippen LogP contribution in [0.4, 0.5) is 5.69 Å². The lowest BCUT2D eigenvalue weighted by molar-refractivity contribution is 0.0424. The van der Waals surface area contributed by atoms with Crippen molar-refractivity contribution in [2.75, 3.05) is 25.1 Å². The molecule has 2 aromatic rings. The van der Waals surface area contributed by atoms with E-state index in [1.165, 1.54) is 0 Å². The summed E-state index contributed by atoms with van der Waals surface area (Å²) in [5.74, 6) is 3.17. The van der Waals surface area contributed by atoms with Gasteiger partial charge in [0.1, 0.15) is 18.5 Å². The van der Waals surface area contributed by atoms with Crippen LogP contribution in [0.3, 0.4) is 0 Å². The van der Waals surface area contributed by atoms with Gasteiger partial charge < -0.3 is 19.7 Å². The molecule has 2 aromatic carbocycles. The number of rotatable bonds is 5. The van der Waals surface area contributed by atoms with Crippen LogP contribution < -0.4 is 10.1 Å². The molecule has 0 spiro atoms. The Morgan fingerprint density at radius 3 is 2.85 bits per heavy atom. The predicted molar refractivity (Wildman–Crippen MR) is 104 cm³/mol. The molecular formula is C22H22N2O3. The van der Waals surface area contributed by atoms with Crippen LogP contribution in [0.25, 0.3) is 0 Å². The smallest absolute Gasteiger partial charge is 0.257 e. The second-order valence-corrected chi connectivity index (χ2v) is 6.72. The average molecular weight is 362 g/mol. The van der Waals surface area contributed by atoms with Crippen molar-refractivity contribution in [2.45, 2.75) is 25.1 Å². The van der Waals surface area contributed by atoms with Crippen LogP contribution in [0.1, 0.15) is 34.9 Å². The van der Waals surface area contributed by atoms with Crippen LogP contribution in [0.15, 0.2) is 48.5 Å². The first-order chi connectivity index (χ1) is 13.3. The summed E-state index contributed by atoms with van der Waals surface area (Å²) in [6.07, 6.45) is 7.07. The van der Waals surface area contributed by atoms with Gasteiger partial charge in [-0.3, -0.25) is 4.79 Å². The van der Waals surface area contributed by atoms with Gasteiger partial charge in [-0.2, -0.15) is 0 Å². The van der Waals surface area contributed by atoms with Crippen molar-refractivity contribution in [1.29, 1.82) is 0 Å². The topological polar surface area (TPSA) is 50.8 Å². The highest BCUT2D eigenvalue weighted by atomic mass is 16.5. The van der Waals surface area contributed by atoms with Gasteiger partial charge >= 0.3 is 0 Å². The van der Waals surface area contributed by atoms with Crippen LogP contribution in [-0.2, 0) is 4.74 Å². The first-order valence-electron chi connectivity index (χ1n) is 9.21. The summed E-state index contributed by atoms with van der Waals surface area (Å²) in [4.78, 5) is 15.1. The third-order valence-corrected chi connectivity index (χ3v) is 4.97. The summed E-state index contributed by atoms with van der Waals surface area (Å²) < 4.78 is 11.5. The number of benzene rings is 2. The summed E-state index contributed by atoms with van der Waals surface area (Å²) in [5.41, 5.74) is 2.38. The van der Waals surface area contributed by atoms with Gasteiger partial charge in [-0.25, -0.2) is 0 Å². The molecule has 1 saturated heterocycles. The van der Waals surface area contributed by atoms with E-state index < -0.39 is 0 Å². The summed E-state index contributed by atoms with van der Waals surface area (Å²) in [5, 5.41) is 3.50. The number of fused-ring (bicyclic) bond motifs is 1. The van der Waals surface area contributed by atoms with E-state index in [9.17, 15) is 4.79 Å². The number of hydrogen-bond donors (Lipinski definition) is 1. The third kappa shape index (κ3) is 3.49. The Hall–Kier alpha value is -2.97. The number of nitrogens with one attached hydrogen (secondary N) is 1. The molecule has 0 aromatic heterocycles. The molecule has 1 fully saturated rings. The average Bonchev–Trinajstić information content (AvgIpc) is 3.22. The number of ether oxygens (including phenoxy) is 2. The van der Waals surface area contributed by atoms with Crippen molar-refractivity contribution in [1.82, 2.24) is 4.90 Å². The molecule has 2 aliphatic heterocycles. The predicted octanol–water partition coefficient (Wildman–Crippen LogP) is 3.44. The third-order valence-electron chi connectivity index (χ3n) is 4.97. The second kappa shape index (κ2) is 7.73. The Kier molecular flexibility index (Phi) is 4.99. The zero-order chi connectivity index (χ0) is 18.6. The van der Waals surface area contributed by atoms with Crippen molar-refractivity contribution in [3.63, 3.8) is 0 Å². The monoisotopic (exact) mass is 362 g/mol. The molecule has 1 N–H and O–H groups in total. The normalized spacial score (nSPS) is 21.3. The lowest BCUT2D eigenvalue weighted by atomic mass is 10.0. The molecule has 0 bridgehead atoms. The Bertz CT molecular complexity index is 868. The Morgan fingerprint density at radius 1 is 1.22 bits per heavy atom. The zero-order valence-electron chi connectivity index (χ0n) is 15.1. The first kappa shape index (κ1) is 17.4. The zero-order valence-corrected chi connectivity index (χ0v) is 15.1. The van der Waals surface area contributed by atoms with Crippen LogP contribution in [-0.4, -0.2) is 36.7 Å². The number of carbonyl (C=O) groups excluding carboxylic acids is 1. The molecule has 2 aliphatic rings. The van der Waals surface area contributed by atoms with Gasteiger partial charge in [-0.05, 0) is 31.0 Å². The fourth-order valence-corrected chi connectivity index (χ4v) is 3.69. The van der Waals surface area contributed by atoms with E-state index in [-0.39, 0.29) is 24.8 Å². The first-order valence-corrected chi connectivity index (χ1v) is 9.21. The SMILES string of the molecule is C#CCOc1ccccc1[C@H]1Nc2ccccc2C(=O)N1C[C@@H]1CCCO1. The maximum atomic E-state index is 13.3. The van der Waals surface area contributed by atoms with Gasteiger partial charge in [0.05, 0.1) is 11.7 Å². The van der Waals surface area contributed by atoms with Crippen molar-refractivity contribution in [3.8, 4) is 18.1 Å². The van der Waals surface area contributed by atoms with E-state index in [4.69, 9.17) is 15.9 Å². The fourth-order valence-electron chi connectivity index (χ4n) is 3.69. The molecule has 27 heavy (non-hydrogen) atoms. The van der Waals surface area contributed by atoms with E-state index in [0.717, 1.165) is 30.7 Å². The number of amides is 1.